The van der Waals surface area contributed by atoms with Gasteiger partial charge in [-0.05, 0) is 29.7 Å². The van der Waals surface area contributed by atoms with Crippen molar-refractivity contribution in [1.82, 2.24) is 5.32 Å². The van der Waals surface area contributed by atoms with Gasteiger partial charge in [0.15, 0.2) is 0 Å². The number of alkyl halides is 3. The molecule has 0 aromatic heterocycles. The van der Waals surface area contributed by atoms with Crippen LogP contribution in [0.25, 0.3) is 6.08 Å². The summed E-state index contributed by atoms with van der Waals surface area (Å²) in [6, 6.07) is 14.9. The standard InChI is InChI=1S/C19H18F3NO3/c20-19(21,22)26-17-11-6-10-15(13-17)7-4-5-12-23-18(24)25-14-16-8-2-1-3-9-16/h1-4,6-11,13H,5,12,14H2,(H,23,24). The van der Waals surface area contributed by atoms with Crippen molar-refractivity contribution in [2.45, 2.75) is 19.4 Å². The predicted molar refractivity (Wildman–Crippen MR) is 91.4 cm³/mol. The second-order valence-corrected chi connectivity index (χ2v) is 5.30. The Hall–Kier alpha value is -2.96. The van der Waals surface area contributed by atoms with Crippen molar-refractivity contribution in [2.24, 2.45) is 0 Å². The lowest BCUT2D eigenvalue weighted by molar-refractivity contribution is -0.274. The number of carbonyl (C=O) groups excluding carboxylic acids is 1. The first-order valence-electron chi connectivity index (χ1n) is 7.89. The summed E-state index contributed by atoms with van der Waals surface area (Å²) in [6.07, 6.45) is -1.34. The van der Waals surface area contributed by atoms with Gasteiger partial charge in [0.05, 0.1) is 0 Å². The number of halogens is 3. The average molecular weight is 365 g/mol. The van der Waals surface area contributed by atoms with Gasteiger partial charge in [-0.1, -0.05) is 54.6 Å². The fourth-order valence-electron chi connectivity index (χ4n) is 2.07. The summed E-state index contributed by atoms with van der Waals surface area (Å²) in [7, 11) is 0. The normalized spacial score (nSPS) is 11.3. The Labute approximate surface area is 149 Å². The van der Waals surface area contributed by atoms with Crippen molar-refractivity contribution in [2.75, 3.05) is 6.54 Å². The van der Waals surface area contributed by atoms with Gasteiger partial charge >= 0.3 is 12.5 Å². The quantitative estimate of drug-likeness (QED) is 0.709. The van der Waals surface area contributed by atoms with Crippen LogP contribution in [0.5, 0.6) is 5.75 Å². The first-order chi connectivity index (χ1) is 12.4. The smallest absolute Gasteiger partial charge is 0.445 e. The molecule has 138 valence electrons. The molecule has 0 saturated carbocycles. The van der Waals surface area contributed by atoms with Crippen LogP contribution in [-0.2, 0) is 11.3 Å². The van der Waals surface area contributed by atoms with Crippen molar-refractivity contribution in [3.05, 3.63) is 71.8 Å². The zero-order valence-corrected chi connectivity index (χ0v) is 13.8. The average Bonchev–Trinajstić information content (AvgIpc) is 2.59. The summed E-state index contributed by atoms with van der Waals surface area (Å²) < 4.78 is 45.5. The van der Waals surface area contributed by atoms with E-state index in [2.05, 4.69) is 10.1 Å². The van der Waals surface area contributed by atoms with E-state index in [1.165, 1.54) is 18.2 Å². The molecule has 0 saturated heterocycles. The fourth-order valence-corrected chi connectivity index (χ4v) is 2.07. The van der Waals surface area contributed by atoms with E-state index >= 15 is 0 Å². The van der Waals surface area contributed by atoms with Crippen molar-refractivity contribution >= 4 is 12.2 Å². The molecule has 7 heteroatoms. The maximum Gasteiger partial charge on any atom is 0.573 e. The molecule has 1 amide bonds. The van der Waals surface area contributed by atoms with Crippen molar-refractivity contribution in [3.63, 3.8) is 0 Å². The maximum absolute atomic E-state index is 12.2. The Bertz CT molecular complexity index is 730. The van der Waals surface area contributed by atoms with Crippen LogP contribution in [0.2, 0.25) is 0 Å². The first-order valence-corrected chi connectivity index (χ1v) is 7.89. The number of alkyl carbamates (subject to hydrolysis) is 1. The number of rotatable bonds is 7. The highest BCUT2D eigenvalue weighted by atomic mass is 19.4. The van der Waals surface area contributed by atoms with Crippen LogP contribution in [0.3, 0.4) is 0 Å². The molecule has 4 nitrogen and oxygen atoms in total. The highest BCUT2D eigenvalue weighted by molar-refractivity contribution is 5.67. The number of hydrogen-bond donors (Lipinski definition) is 1. The number of benzene rings is 2. The van der Waals surface area contributed by atoms with Gasteiger partial charge in [0.2, 0.25) is 0 Å². The molecule has 0 aliphatic carbocycles. The first kappa shape index (κ1) is 19.4. The molecule has 0 heterocycles. The van der Waals surface area contributed by atoms with E-state index in [0.717, 1.165) is 5.56 Å². The molecular formula is C19H18F3NO3. The van der Waals surface area contributed by atoms with E-state index in [9.17, 15) is 18.0 Å². The van der Waals surface area contributed by atoms with Gasteiger partial charge < -0.3 is 14.8 Å². The fraction of sp³-hybridized carbons (Fsp3) is 0.211. The summed E-state index contributed by atoms with van der Waals surface area (Å²) in [6.45, 7) is 0.539. The van der Waals surface area contributed by atoms with Gasteiger partial charge in [0.25, 0.3) is 0 Å². The van der Waals surface area contributed by atoms with E-state index in [0.29, 0.717) is 18.5 Å². The molecule has 0 radical (unpaired) electrons. The van der Waals surface area contributed by atoms with E-state index in [1.54, 1.807) is 18.2 Å². The molecule has 2 rings (SSSR count). The Morgan fingerprint density at radius 2 is 1.85 bits per heavy atom. The second-order valence-electron chi connectivity index (χ2n) is 5.30. The summed E-state index contributed by atoms with van der Waals surface area (Å²) in [5, 5.41) is 2.60. The molecule has 0 atom stereocenters. The van der Waals surface area contributed by atoms with Gasteiger partial charge in [0, 0.05) is 6.54 Å². The van der Waals surface area contributed by atoms with Gasteiger partial charge in [-0.25, -0.2) is 4.79 Å². The summed E-state index contributed by atoms with van der Waals surface area (Å²) >= 11 is 0. The minimum atomic E-state index is -4.72. The summed E-state index contributed by atoms with van der Waals surface area (Å²) in [5.74, 6) is -0.276. The minimum absolute atomic E-state index is 0.189. The number of carbonyl (C=O) groups is 1. The van der Waals surface area contributed by atoms with Gasteiger partial charge in [0.1, 0.15) is 12.4 Å². The highest BCUT2D eigenvalue weighted by Gasteiger charge is 2.30. The third-order valence-corrected chi connectivity index (χ3v) is 3.20. The minimum Gasteiger partial charge on any atom is -0.445 e. The zero-order chi connectivity index (χ0) is 18.8. The highest BCUT2D eigenvalue weighted by Crippen LogP contribution is 2.23. The van der Waals surface area contributed by atoms with Crippen molar-refractivity contribution in [1.29, 1.82) is 0 Å². The molecule has 0 bridgehead atoms. The van der Waals surface area contributed by atoms with Crippen LogP contribution in [0.1, 0.15) is 17.5 Å². The number of nitrogens with one attached hydrogen (secondary N) is 1. The third-order valence-electron chi connectivity index (χ3n) is 3.20. The van der Waals surface area contributed by atoms with Crippen LogP contribution in [0, 0.1) is 0 Å². The molecule has 0 unspecified atom stereocenters. The van der Waals surface area contributed by atoms with E-state index in [1.807, 2.05) is 30.3 Å². The molecular weight excluding hydrogens is 347 g/mol. The lowest BCUT2D eigenvalue weighted by Gasteiger charge is -2.08. The lowest BCUT2D eigenvalue weighted by Crippen LogP contribution is -2.24. The molecule has 1 N–H and O–H groups in total. The van der Waals surface area contributed by atoms with Crippen LogP contribution >= 0.6 is 0 Å². The third kappa shape index (κ3) is 7.74. The molecule has 2 aromatic carbocycles. The second kappa shape index (κ2) is 9.50. The Morgan fingerprint density at radius 3 is 2.58 bits per heavy atom. The van der Waals surface area contributed by atoms with Gasteiger partial charge in [-0.15, -0.1) is 13.2 Å². The van der Waals surface area contributed by atoms with Crippen LogP contribution in [-0.4, -0.2) is 19.0 Å². The predicted octanol–water partition coefficient (Wildman–Crippen LogP) is 4.91. The Morgan fingerprint density at radius 1 is 1.08 bits per heavy atom. The largest absolute Gasteiger partial charge is 0.573 e. The summed E-state index contributed by atoms with van der Waals surface area (Å²) in [5.41, 5.74) is 1.46. The van der Waals surface area contributed by atoms with Crippen LogP contribution in [0.15, 0.2) is 60.7 Å². The Kier molecular flexibility index (Phi) is 7.08. The zero-order valence-electron chi connectivity index (χ0n) is 13.8. The van der Waals surface area contributed by atoms with Gasteiger partial charge in [-0.3, -0.25) is 0 Å². The lowest BCUT2D eigenvalue weighted by atomic mass is 10.2. The number of ether oxygens (including phenoxy) is 2. The summed E-state index contributed by atoms with van der Waals surface area (Å²) in [4.78, 5) is 11.5. The molecule has 0 aliphatic rings. The van der Waals surface area contributed by atoms with Crippen molar-refractivity contribution < 1.29 is 27.4 Å². The van der Waals surface area contributed by atoms with Gasteiger partial charge in [-0.2, -0.15) is 0 Å². The topological polar surface area (TPSA) is 47.6 Å². The maximum atomic E-state index is 12.2. The van der Waals surface area contributed by atoms with E-state index in [4.69, 9.17) is 4.74 Å². The number of hydrogen-bond acceptors (Lipinski definition) is 3. The molecule has 0 aliphatic heterocycles. The van der Waals surface area contributed by atoms with Crippen molar-refractivity contribution in [3.8, 4) is 5.75 Å². The Balaban J connectivity index is 1.69. The molecule has 0 spiro atoms. The molecule has 2 aromatic rings. The molecule has 0 fully saturated rings. The molecule has 26 heavy (non-hydrogen) atoms. The SMILES string of the molecule is O=C(NCCC=Cc1cccc(OC(F)(F)F)c1)OCc1ccccc1. The van der Waals surface area contributed by atoms with Crippen LogP contribution in [0.4, 0.5) is 18.0 Å². The number of amides is 1. The monoisotopic (exact) mass is 365 g/mol. The van der Waals surface area contributed by atoms with E-state index in [-0.39, 0.29) is 12.4 Å². The van der Waals surface area contributed by atoms with E-state index < -0.39 is 12.5 Å². The van der Waals surface area contributed by atoms with Crippen LogP contribution < -0.4 is 10.1 Å².